The first-order valence-corrected chi connectivity index (χ1v) is 7.52. The Balaban J connectivity index is 1.74. The summed E-state index contributed by atoms with van der Waals surface area (Å²) in [5.41, 5.74) is 2.30. The smallest absolute Gasteiger partial charge is 0.0666 e. The van der Waals surface area contributed by atoms with Crippen LogP contribution in [0.4, 0.5) is 5.69 Å². The van der Waals surface area contributed by atoms with Gasteiger partial charge in [0.05, 0.1) is 5.69 Å². The number of hydrogen-bond donors (Lipinski definition) is 1. The highest BCUT2D eigenvalue weighted by Gasteiger charge is 2.13. The van der Waals surface area contributed by atoms with E-state index in [1.165, 1.54) is 30.0 Å². The Kier molecular flexibility index (Phi) is 3.55. The zero-order valence-electron chi connectivity index (χ0n) is 10.2. The number of rotatable bonds is 3. The summed E-state index contributed by atoms with van der Waals surface area (Å²) in [7, 11) is 0. The van der Waals surface area contributed by atoms with Gasteiger partial charge in [0.2, 0.25) is 0 Å². The standard InChI is InChI=1S/C14H17N3S/c1-4-12(16-13-5-2-9-18-11-13)10-14(6-1)17-8-3-7-15-17/h1,3-4,6-8,10,13,16H,2,5,9,11H2. The second kappa shape index (κ2) is 5.48. The van der Waals surface area contributed by atoms with Crippen molar-refractivity contribution in [3.05, 3.63) is 42.7 Å². The van der Waals surface area contributed by atoms with Gasteiger partial charge in [-0.3, -0.25) is 0 Å². The molecule has 2 aromatic rings. The van der Waals surface area contributed by atoms with Gasteiger partial charge in [-0.25, -0.2) is 4.68 Å². The predicted molar refractivity (Wildman–Crippen MR) is 77.5 cm³/mol. The van der Waals surface area contributed by atoms with Crippen molar-refractivity contribution in [1.82, 2.24) is 9.78 Å². The van der Waals surface area contributed by atoms with E-state index in [-0.39, 0.29) is 0 Å². The quantitative estimate of drug-likeness (QED) is 0.918. The van der Waals surface area contributed by atoms with Gasteiger partial charge in [-0.15, -0.1) is 0 Å². The van der Waals surface area contributed by atoms with E-state index >= 15 is 0 Å². The molecule has 18 heavy (non-hydrogen) atoms. The minimum Gasteiger partial charge on any atom is -0.381 e. The molecule has 1 aromatic heterocycles. The maximum absolute atomic E-state index is 4.26. The molecule has 1 aliphatic rings. The second-order valence-corrected chi connectivity index (χ2v) is 5.71. The number of hydrogen-bond acceptors (Lipinski definition) is 3. The van der Waals surface area contributed by atoms with E-state index in [1.54, 1.807) is 6.20 Å². The van der Waals surface area contributed by atoms with Crippen molar-refractivity contribution < 1.29 is 0 Å². The Bertz CT molecular complexity index is 490. The summed E-state index contributed by atoms with van der Waals surface area (Å²) in [5, 5.41) is 7.88. The van der Waals surface area contributed by atoms with E-state index in [0.29, 0.717) is 6.04 Å². The van der Waals surface area contributed by atoms with Gasteiger partial charge in [-0.05, 0) is 42.9 Å². The van der Waals surface area contributed by atoms with Gasteiger partial charge in [0.1, 0.15) is 0 Å². The van der Waals surface area contributed by atoms with Crippen molar-refractivity contribution in [2.24, 2.45) is 0 Å². The van der Waals surface area contributed by atoms with Crippen molar-refractivity contribution >= 4 is 17.4 Å². The average Bonchev–Trinajstić information content (AvgIpc) is 2.94. The molecule has 0 saturated carbocycles. The number of aromatic nitrogens is 2. The topological polar surface area (TPSA) is 29.9 Å². The van der Waals surface area contributed by atoms with Gasteiger partial charge >= 0.3 is 0 Å². The molecular formula is C14H17N3S. The van der Waals surface area contributed by atoms with Crippen LogP contribution in [0.5, 0.6) is 0 Å². The van der Waals surface area contributed by atoms with Gasteiger partial charge in [0.25, 0.3) is 0 Å². The number of thioether (sulfide) groups is 1. The van der Waals surface area contributed by atoms with E-state index in [1.807, 2.05) is 28.7 Å². The summed E-state index contributed by atoms with van der Waals surface area (Å²) in [5.74, 6) is 2.53. The van der Waals surface area contributed by atoms with E-state index in [9.17, 15) is 0 Å². The Labute approximate surface area is 112 Å². The summed E-state index contributed by atoms with van der Waals surface area (Å²) in [6, 6.07) is 11.0. The van der Waals surface area contributed by atoms with Gasteiger partial charge in [0, 0.05) is 29.9 Å². The normalized spacial score (nSPS) is 19.7. The average molecular weight is 259 g/mol. The van der Waals surface area contributed by atoms with Crippen molar-refractivity contribution in [1.29, 1.82) is 0 Å². The molecule has 94 valence electrons. The van der Waals surface area contributed by atoms with Crippen molar-refractivity contribution in [3.8, 4) is 5.69 Å². The zero-order valence-corrected chi connectivity index (χ0v) is 11.1. The maximum atomic E-state index is 4.26. The molecule has 0 amide bonds. The largest absolute Gasteiger partial charge is 0.381 e. The van der Waals surface area contributed by atoms with Crippen LogP contribution in [0, 0.1) is 0 Å². The zero-order chi connectivity index (χ0) is 12.2. The molecule has 0 radical (unpaired) electrons. The SMILES string of the molecule is c1cc(NC2CCCSC2)cc(-n2cccn2)c1. The molecule has 3 rings (SSSR count). The lowest BCUT2D eigenvalue weighted by atomic mass is 10.1. The summed E-state index contributed by atoms with van der Waals surface area (Å²) < 4.78 is 1.89. The number of anilines is 1. The number of nitrogens with zero attached hydrogens (tertiary/aromatic N) is 2. The van der Waals surface area contributed by atoms with E-state index < -0.39 is 0 Å². The van der Waals surface area contributed by atoms with Crippen LogP contribution in [0.25, 0.3) is 5.69 Å². The number of nitrogens with one attached hydrogen (secondary N) is 1. The first-order valence-electron chi connectivity index (χ1n) is 6.36. The summed E-state index contributed by atoms with van der Waals surface area (Å²) in [6.07, 6.45) is 6.37. The fraction of sp³-hybridized carbons (Fsp3) is 0.357. The van der Waals surface area contributed by atoms with Crippen molar-refractivity contribution in [3.63, 3.8) is 0 Å². The molecule has 4 heteroatoms. The molecular weight excluding hydrogens is 242 g/mol. The van der Waals surface area contributed by atoms with Gasteiger partial charge in [0.15, 0.2) is 0 Å². The first-order chi connectivity index (χ1) is 8.92. The van der Waals surface area contributed by atoms with E-state index in [2.05, 4.69) is 34.7 Å². The van der Waals surface area contributed by atoms with Crippen LogP contribution >= 0.6 is 11.8 Å². The molecule has 1 aromatic carbocycles. The van der Waals surface area contributed by atoms with Gasteiger partial charge < -0.3 is 5.32 Å². The Morgan fingerprint density at radius 3 is 3.11 bits per heavy atom. The van der Waals surface area contributed by atoms with Crippen LogP contribution in [-0.4, -0.2) is 27.3 Å². The van der Waals surface area contributed by atoms with E-state index in [0.717, 1.165) is 5.69 Å². The van der Waals surface area contributed by atoms with Gasteiger partial charge in [-0.2, -0.15) is 16.9 Å². The van der Waals surface area contributed by atoms with E-state index in [4.69, 9.17) is 0 Å². The fourth-order valence-corrected chi connectivity index (χ4v) is 3.32. The fourth-order valence-electron chi connectivity index (χ4n) is 2.25. The van der Waals surface area contributed by atoms with Crippen LogP contribution in [0.3, 0.4) is 0 Å². The van der Waals surface area contributed by atoms with Crippen LogP contribution in [-0.2, 0) is 0 Å². The summed E-state index contributed by atoms with van der Waals surface area (Å²) in [6.45, 7) is 0. The lowest BCUT2D eigenvalue weighted by molar-refractivity contribution is 0.685. The molecule has 1 N–H and O–H groups in total. The lowest BCUT2D eigenvalue weighted by Crippen LogP contribution is -2.25. The van der Waals surface area contributed by atoms with Crippen LogP contribution < -0.4 is 5.32 Å². The van der Waals surface area contributed by atoms with Gasteiger partial charge in [-0.1, -0.05) is 6.07 Å². The monoisotopic (exact) mass is 259 g/mol. The van der Waals surface area contributed by atoms with Crippen LogP contribution in [0.2, 0.25) is 0 Å². The number of benzene rings is 1. The second-order valence-electron chi connectivity index (χ2n) is 4.56. The molecule has 0 spiro atoms. The molecule has 1 aliphatic heterocycles. The molecule has 0 bridgehead atoms. The third kappa shape index (κ3) is 2.70. The van der Waals surface area contributed by atoms with Crippen LogP contribution in [0.15, 0.2) is 42.7 Å². The first kappa shape index (κ1) is 11.7. The summed E-state index contributed by atoms with van der Waals surface area (Å²) in [4.78, 5) is 0. The highest BCUT2D eigenvalue weighted by molar-refractivity contribution is 7.99. The minimum atomic E-state index is 0.608. The highest BCUT2D eigenvalue weighted by Crippen LogP contribution is 2.22. The Morgan fingerprint density at radius 1 is 1.33 bits per heavy atom. The Hall–Kier alpha value is -1.42. The minimum absolute atomic E-state index is 0.608. The van der Waals surface area contributed by atoms with Crippen molar-refractivity contribution in [2.45, 2.75) is 18.9 Å². The lowest BCUT2D eigenvalue weighted by Gasteiger charge is -2.23. The molecule has 1 fully saturated rings. The summed E-state index contributed by atoms with van der Waals surface area (Å²) >= 11 is 2.04. The molecule has 0 aliphatic carbocycles. The predicted octanol–water partition coefficient (Wildman–Crippen LogP) is 3.18. The molecule has 1 saturated heterocycles. The molecule has 3 nitrogen and oxygen atoms in total. The third-order valence-corrected chi connectivity index (χ3v) is 4.36. The Morgan fingerprint density at radius 2 is 2.33 bits per heavy atom. The van der Waals surface area contributed by atoms with Crippen molar-refractivity contribution in [2.75, 3.05) is 16.8 Å². The third-order valence-electron chi connectivity index (χ3n) is 3.15. The molecule has 2 heterocycles. The van der Waals surface area contributed by atoms with Crippen LogP contribution in [0.1, 0.15) is 12.8 Å². The molecule has 1 atom stereocenters. The molecule has 1 unspecified atom stereocenters. The maximum Gasteiger partial charge on any atom is 0.0666 e. The highest BCUT2D eigenvalue weighted by atomic mass is 32.2.